The van der Waals surface area contributed by atoms with Crippen molar-refractivity contribution < 1.29 is 13.9 Å². The lowest BCUT2D eigenvalue weighted by Crippen LogP contribution is -2.30. The lowest BCUT2D eigenvalue weighted by molar-refractivity contribution is -0.122. The van der Waals surface area contributed by atoms with Gasteiger partial charge in [0.1, 0.15) is 11.6 Å². The molecule has 110 valence electrons. The smallest absolute Gasteiger partial charge is 0.265 e. The molecule has 0 saturated heterocycles. The van der Waals surface area contributed by atoms with Crippen LogP contribution in [0, 0.1) is 19.7 Å². The van der Waals surface area contributed by atoms with Gasteiger partial charge in [0.05, 0.1) is 0 Å². The zero-order valence-electron chi connectivity index (χ0n) is 12.3. The first-order chi connectivity index (χ1) is 9.97. The lowest BCUT2D eigenvalue weighted by Gasteiger charge is -2.17. The Morgan fingerprint density at radius 2 is 1.76 bits per heavy atom. The molecular formula is C17H18FNO2. The highest BCUT2D eigenvalue weighted by Crippen LogP contribution is 2.20. The van der Waals surface area contributed by atoms with E-state index in [0.29, 0.717) is 5.75 Å². The normalized spacial score (nSPS) is 11.8. The van der Waals surface area contributed by atoms with Crippen LogP contribution in [0.2, 0.25) is 0 Å². The molecule has 1 N–H and O–H groups in total. The molecule has 0 aromatic heterocycles. The van der Waals surface area contributed by atoms with Gasteiger partial charge in [0.15, 0.2) is 6.10 Å². The van der Waals surface area contributed by atoms with Crippen molar-refractivity contribution in [2.24, 2.45) is 0 Å². The molecule has 0 spiro atoms. The van der Waals surface area contributed by atoms with E-state index in [2.05, 4.69) is 5.32 Å². The third-order valence-corrected chi connectivity index (χ3v) is 3.21. The maximum atomic E-state index is 13.1. The molecule has 1 unspecified atom stereocenters. The summed E-state index contributed by atoms with van der Waals surface area (Å²) in [7, 11) is 0. The number of nitrogens with one attached hydrogen (secondary N) is 1. The molecule has 0 heterocycles. The number of carbonyl (C=O) groups excluding carboxylic acids is 1. The first-order valence-electron chi connectivity index (χ1n) is 6.76. The van der Waals surface area contributed by atoms with E-state index in [1.807, 2.05) is 32.0 Å². The minimum Gasteiger partial charge on any atom is -0.481 e. The van der Waals surface area contributed by atoms with Crippen molar-refractivity contribution in [3.05, 3.63) is 59.4 Å². The number of benzene rings is 2. The molecule has 0 fully saturated rings. The van der Waals surface area contributed by atoms with Crippen molar-refractivity contribution in [3.63, 3.8) is 0 Å². The quantitative estimate of drug-likeness (QED) is 0.927. The molecule has 0 bridgehead atoms. The molecule has 0 aliphatic carbocycles. The summed E-state index contributed by atoms with van der Waals surface area (Å²) in [6, 6.07) is 11.5. The molecule has 0 aliphatic rings. The summed E-state index contributed by atoms with van der Waals surface area (Å²) in [5, 5.41) is 2.86. The average molecular weight is 287 g/mol. The molecule has 21 heavy (non-hydrogen) atoms. The number of anilines is 1. The van der Waals surface area contributed by atoms with Gasteiger partial charge in [0.25, 0.3) is 5.91 Å². The number of rotatable bonds is 4. The Morgan fingerprint density at radius 1 is 1.14 bits per heavy atom. The van der Waals surface area contributed by atoms with E-state index >= 15 is 0 Å². The minimum atomic E-state index is -0.717. The first-order valence-corrected chi connectivity index (χ1v) is 6.76. The SMILES string of the molecule is Cc1cccc(C)c1NC(=O)C(C)Oc1cccc(F)c1. The number of para-hydroxylation sites is 1. The fraction of sp³-hybridized carbons (Fsp3) is 0.235. The minimum absolute atomic E-state index is 0.267. The van der Waals surface area contributed by atoms with Gasteiger partial charge in [-0.15, -0.1) is 0 Å². The summed E-state index contributed by atoms with van der Waals surface area (Å²) in [6.45, 7) is 5.50. The van der Waals surface area contributed by atoms with Crippen LogP contribution >= 0.6 is 0 Å². The van der Waals surface area contributed by atoms with Crippen molar-refractivity contribution in [1.82, 2.24) is 0 Å². The topological polar surface area (TPSA) is 38.3 Å². The summed E-state index contributed by atoms with van der Waals surface area (Å²) in [5.41, 5.74) is 2.76. The predicted molar refractivity (Wildman–Crippen MR) is 81.0 cm³/mol. The number of aryl methyl sites for hydroxylation is 2. The van der Waals surface area contributed by atoms with Crippen LogP contribution in [0.25, 0.3) is 0 Å². The number of carbonyl (C=O) groups is 1. The van der Waals surface area contributed by atoms with Crippen LogP contribution in [0.3, 0.4) is 0 Å². The molecule has 4 heteroatoms. The predicted octanol–water partition coefficient (Wildman–Crippen LogP) is 3.85. The van der Waals surface area contributed by atoms with Gasteiger partial charge in [-0.05, 0) is 44.0 Å². The van der Waals surface area contributed by atoms with Crippen molar-refractivity contribution in [3.8, 4) is 5.75 Å². The summed E-state index contributed by atoms with van der Waals surface area (Å²) in [5.74, 6) is -0.328. The van der Waals surface area contributed by atoms with Gasteiger partial charge in [-0.25, -0.2) is 4.39 Å². The molecule has 0 saturated carbocycles. The van der Waals surface area contributed by atoms with Gasteiger partial charge in [-0.3, -0.25) is 4.79 Å². The molecule has 1 amide bonds. The number of halogens is 1. The summed E-state index contributed by atoms with van der Waals surface area (Å²) >= 11 is 0. The second-order valence-corrected chi connectivity index (χ2v) is 4.97. The molecule has 2 rings (SSSR count). The van der Waals surface area contributed by atoms with Crippen LogP contribution in [-0.4, -0.2) is 12.0 Å². The van der Waals surface area contributed by atoms with Gasteiger partial charge >= 0.3 is 0 Å². The van der Waals surface area contributed by atoms with Crippen molar-refractivity contribution in [2.45, 2.75) is 26.9 Å². The zero-order valence-corrected chi connectivity index (χ0v) is 12.3. The van der Waals surface area contributed by atoms with Crippen molar-refractivity contribution in [2.75, 3.05) is 5.32 Å². The second kappa shape index (κ2) is 6.39. The highest BCUT2D eigenvalue weighted by atomic mass is 19.1. The lowest BCUT2D eigenvalue weighted by atomic mass is 10.1. The number of hydrogen-bond donors (Lipinski definition) is 1. The fourth-order valence-electron chi connectivity index (χ4n) is 2.03. The van der Waals surface area contributed by atoms with E-state index in [9.17, 15) is 9.18 Å². The summed E-state index contributed by atoms with van der Waals surface area (Å²) in [4.78, 5) is 12.2. The Hall–Kier alpha value is -2.36. The zero-order chi connectivity index (χ0) is 15.4. The largest absolute Gasteiger partial charge is 0.481 e. The maximum absolute atomic E-state index is 13.1. The van der Waals surface area contributed by atoms with E-state index in [1.54, 1.807) is 19.1 Å². The van der Waals surface area contributed by atoms with Gasteiger partial charge in [0, 0.05) is 11.8 Å². The monoisotopic (exact) mass is 287 g/mol. The molecular weight excluding hydrogens is 269 g/mol. The first kappa shape index (κ1) is 15.0. The van der Waals surface area contributed by atoms with Crippen LogP contribution in [0.1, 0.15) is 18.1 Å². The number of amides is 1. The Labute approximate surface area is 123 Å². The van der Waals surface area contributed by atoms with Gasteiger partial charge in [-0.2, -0.15) is 0 Å². The highest BCUT2D eigenvalue weighted by Gasteiger charge is 2.16. The molecule has 0 radical (unpaired) electrons. The van der Waals surface area contributed by atoms with Gasteiger partial charge < -0.3 is 10.1 Å². The molecule has 2 aromatic carbocycles. The molecule has 3 nitrogen and oxygen atoms in total. The van der Waals surface area contributed by atoms with E-state index in [1.165, 1.54) is 12.1 Å². The van der Waals surface area contributed by atoms with E-state index in [-0.39, 0.29) is 5.91 Å². The summed E-state index contributed by atoms with van der Waals surface area (Å²) in [6.07, 6.45) is -0.717. The molecule has 2 aromatic rings. The van der Waals surface area contributed by atoms with Crippen LogP contribution in [0.15, 0.2) is 42.5 Å². The second-order valence-electron chi connectivity index (χ2n) is 4.97. The van der Waals surface area contributed by atoms with E-state index < -0.39 is 11.9 Å². The maximum Gasteiger partial charge on any atom is 0.265 e. The van der Waals surface area contributed by atoms with Crippen LogP contribution < -0.4 is 10.1 Å². The van der Waals surface area contributed by atoms with E-state index in [4.69, 9.17) is 4.74 Å². The van der Waals surface area contributed by atoms with Gasteiger partial charge in [-0.1, -0.05) is 24.3 Å². The van der Waals surface area contributed by atoms with Crippen LogP contribution in [0.4, 0.5) is 10.1 Å². The number of hydrogen-bond acceptors (Lipinski definition) is 2. The Bertz CT molecular complexity index is 635. The van der Waals surface area contributed by atoms with Crippen LogP contribution in [-0.2, 0) is 4.79 Å². The number of ether oxygens (including phenoxy) is 1. The summed E-state index contributed by atoms with van der Waals surface area (Å²) < 4.78 is 18.5. The third kappa shape index (κ3) is 3.81. The van der Waals surface area contributed by atoms with E-state index in [0.717, 1.165) is 16.8 Å². The Morgan fingerprint density at radius 3 is 2.38 bits per heavy atom. The Kier molecular flexibility index (Phi) is 4.58. The molecule has 0 aliphatic heterocycles. The fourth-order valence-corrected chi connectivity index (χ4v) is 2.03. The average Bonchev–Trinajstić information content (AvgIpc) is 2.43. The standard InChI is InChI=1S/C17H18FNO2/c1-11-6-4-7-12(2)16(11)19-17(20)13(3)21-15-9-5-8-14(18)10-15/h4-10,13H,1-3H3,(H,19,20). The van der Waals surface area contributed by atoms with Crippen LogP contribution in [0.5, 0.6) is 5.75 Å². The third-order valence-electron chi connectivity index (χ3n) is 3.21. The van der Waals surface area contributed by atoms with Crippen molar-refractivity contribution >= 4 is 11.6 Å². The highest BCUT2D eigenvalue weighted by molar-refractivity contribution is 5.95. The Balaban J connectivity index is 2.06. The van der Waals surface area contributed by atoms with Gasteiger partial charge in [0.2, 0.25) is 0 Å². The van der Waals surface area contributed by atoms with Crippen molar-refractivity contribution in [1.29, 1.82) is 0 Å². The molecule has 1 atom stereocenters.